The summed E-state index contributed by atoms with van der Waals surface area (Å²) in [4.78, 5) is 6.45. The Kier molecular flexibility index (Phi) is 3.63. The molecule has 0 N–H and O–H groups in total. The number of aromatic nitrogens is 3. The fourth-order valence-corrected chi connectivity index (χ4v) is 2.57. The van der Waals surface area contributed by atoms with E-state index in [2.05, 4.69) is 22.0 Å². The second-order valence-corrected chi connectivity index (χ2v) is 5.47. The Bertz CT molecular complexity index is 613. The molecule has 2 aromatic rings. The minimum absolute atomic E-state index is 0.425. The molecule has 1 aliphatic heterocycles. The van der Waals surface area contributed by atoms with Gasteiger partial charge in [-0.15, -0.1) is 0 Å². The molecule has 5 nitrogen and oxygen atoms in total. The van der Waals surface area contributed by atoms with E-state index in [4.69, 9.17) is 16.3 Å². The summed E-state index contributed by atoms with van der Waals surface area (Å²) in [5.74, 6) is 0.713. The van der Waals surface area contributed by atoms with Gasteiger partial charge in [0.1, 0.15) is 10.9 Å². The Morgan fingerprint density at radius 1 is 1.45 bits per heavy atom. The van der Waals surface area contributed by atoms with Crippen molar-refractivity contribution in [2.75, 3.05) is 20.7 Å². The minimum Gasteiger partial charge on any atom is -0.496 e. The lowest BCUT2D eigenvalue weighted by molar-refractivity contribution is 0.107. The highest BCUT2D eigenvalue weighted by Gasteiger charge is 2.24. The number of methoxy groups -OCH3 is 1. The van der Waals surface area contributed by atoms with Crippen LogP contribution in [0, 0.1) is 0 Å². The molecule has 2 aromatic heterocycles. The van der Waals surface area contributed by atoms with Crippen LogP contribution in [0.5, 0.6) is 5.75 Å². The number of pyridine rings is 1. The molecule has 1 aliphatic rings. The number of likely N-dealkylation sites (N-methyl/N-ethyl adjacent to an activating group) is 1. The van der Waals surface area contributed by atoms with Crippen LogP contribution in [0.4, 0.5) is 0 Å². The largest absolute Gasteiger partial charge is 0.496 e. The first-order valence-corrected chi connectivity index (χ1v) is 6.98. The van der Waals surface area contributed by atoms with E-state index in [0.29, 0.717) is 16.9 Å². The number of rotatable bonds is 4. The van der Waals surface area contributed by atoms with Crippen molar-refractivity contribution in [3.63, 3.8) is 0 Å². The lowest BCUT2D eigenvalue weighted by atomic mass is 10.1. The maximum Gasteiger partial charge on any atom is 0.132 e. The summed E-state index contributed by atoms with van der Waals surface area (Å²) in [5, 5.41) is 4.85. The van der Waals surface area contributed by atoms with Crippen LogP contribution in [0.15, 0.2) is 24.7 Å². The average molecular weight is 293 g/mol. The van der Waals surface area contributed by atoms with Crippen molar-refractivity contribution in [2.45, 2.75) is 19.0 Å². The lowest BCUT2D eigenvalue weighted by Crippen LogP contribution is -2.47. The molecule has 3 heterocycles. The van der Waals surface area contributed by atoms with Crippen LogP contribution < -0.4 is 4.74 Å². The highest BCUT2D eigenvalue weighted by molar-refractivity contribution is 6.29. The summed E-state index contributed by atoms with van der Waals surface area (Å²) < 4.78 is 7.33. The van der Waals surface area contributed by atoms with Crippen LogP contribution in [-0.4, -0.2) is 46.4 Å². The second-order valence-electron chi connectivity index (χ2n) is 5.08. The van der Waals surface area contributed by atoms with Gasteiger partial charge in [-0.3, -0.25) is 4.68 Å². The van der Waals surface area contributed by atoms with E-state index in [0.717, 1.165) is 17.7 Å². The topological polar surface area (TPSA) is 43.2 Å². The first-order valence-electron chi connectivity index (χ1n) is 6.60. The number of ether oxygens (including phenoxy) is 1. The quantitative estimate of drug-likeness (QED) is 0.811. The van der Waals surface area contributed by atoms with Gasteiger partial charge in [0.25, 0.3) is 0 Å². The van der Waals surface area contributed by atoms with E-state index in [1.54, 1.807) is 19.4 Å². The molecule has 3 rings (SSSR count). The number of hydrogen-bond acceptors (Lipinski definition) is 4. The molecular weight excluding hydrogens is 276 g/mol. The maximum atomic E-state index is 5.88. The van der Waals surface area contributed by atoms with Gasteiger partial charge in [0.15, 0.2) is 0 Å². The molecule has 0 unspecified atom stereocenters. The summed E-state index contributed by atoms with van der Waals surface area (Å²) in [6.07, 6.45) is 6.82. The molecule has 106 valence electrons. The molecule has 0 saturated carbocycles. The zero-order valence-corrected chi connectivity index (χ0v) is 12.3. The third kappa shape index (κ3) is 2.51. The average Bonchev–Trinajstić information content (AvgIpc) is 2.91. The zero-order chi connectivity index (χ0) is 14.1. The molecular formula is C14H17ClN4O. The SMILES string of the molecule is COc1cc(Cl)ncc1-c1cnn(C[C@@H]2CCN2C)c1. The van der Waals surface area contributed by atoms with Crippen LogP contribution >= 0.6 is 11.6 Å². The highest BCUT2D eigenvalue weighted by Crippen LogP contribution is 2.30. The minimum atomic E-state index is 0.425. The number of likely N-dealkylation sites (tertiary alicyclic amines) is 1. The van der Waals surface area contributed by atoms with Gasteiger partial charge in [-0.05, 0) is 20.0 Å². The smallest absolute Gasteiger partial charge is 0.132 e. The van der Waals surface area contributed by atoms with E-state index in [9.17, 15) is 0 Å². The molecule has 0 radical (unpaired) electrons. The van der Waals surface area contributed by atoms with Crippen molar-refractivity contribution in [3.05, 3.63) is 29.8 Å². The van der Waals surface area contributed by atoms with Crippen LogP contribution in [-0.2, 0) is 6.54 Å². The lowest BCUT2D eigenvalue weighted by Gasteiger charge is -2.37. The first-order chi connectivity index (χ1) is 9.67. The standard InChI is InChI=1S/C14H17ClN4O/c1-18-4-3-11(18)9-19-8-10(6-17-19)12-7-16-14(15)5-13(12)20-2/h5-8,11H,3-4,9H2,1-2H3/t11-/m0/s1. The monoisotopic (exact) mass is 292 g/mol. The first kappa shape index (κ1) is 13.4. The van der Waals surface area contributed by atoms with E-state index >= 15 is 0 Å². The predicted octanol–water partition coefficient (Wildman–Crippen LogP) is 2.31. The second kappa shape index (κ2) is 5.42. The van der Waals surface area contributed by atoms with Gasteiger partial charge in [-0.2, -0.15) is 5.10 Å². The molecule has 0 spiro atoms. The fraction of sp³-hybridized carbons (Fsp3) is 0.429. The Balaban J connectivity index is 1.82. The van der Waals surface area contributed by atoms with Crippen LogP contribution in [0.3, 0.4) is 0 Å². The van der Waals surface area contributed by atoms with Crippen LogP contribution in [0.25, 0.3) is 11.1 Å². The third-order valence-corrected chi connectivity index (χ3v) is 4.04. The third-order valence-electron chi connectivity index (χ3n) is 3.83. The summed E-state index contributed by atoms with van der Waals surface area (Å²) >= 11 is 5.88. The van der Waals surface area contributed by atoms with Gasteiger partial charge < -0.3 is 9.64 Å². The molecule has 0 aromatic carbocycles. The molecule has 1 saturated heterocycles. The summed E-state index contributed by atoms with van der Waals surface area (Å²) in [5.41, 5.74) is 1.90. The molecule has 1 fully saturated rings. The van der Waals surface area contributed by atoms with Crippen molar-refractivity contribution >= 4 is 11.6 Å². The number of nitrogens with zero attached hydrogens (tertiary/aromatic N) is 4. The summed E-state index contributed by atoms with van der Waals surface area (Å²) in [6, 6.07) is 2.31. The summed E-state index contributed by atoms with van der Waals surface area (Å²) in [6.45, 7) is 2.09. The predicted molar refractivity (Wildman–Crippen MR) is 78.1 cm³/mol. The molecule has 0 amide bonds. The van der Waals surface area contributed by atoms with Crippen molar-refractivity contribution in [3.8, 4) is 16.9 Å². The Labute approximate surface area is 123 Å². The van der Waals surface area contributed by atoms with Crippen molar-refractivity contribution in [2.24, 2.45) is 0 Å². The summed E-state index contributed by atoms with van der Waals surface area (Å²) in [7, 11) is 3.77. The number of hydrogen-bond donors (Lipinski definition) is 0. The van der Waals surface area contributed by atoms with Crippen molar-refractivity contribution in [1.82, 2.24) is 19.7 Å². The normalized spacial score (nSPS) is 18.9. The van der Waals surface area contributed by atoms with Crippen molar-refractivity contribution in [1.29, 1.82) is 0 Å². The van der Waals surface area contributed by atoms with Crippen LogP contribution in [0.2, 0.25) is 5.15 Å². The maximum absolute atomic E-state index is 5.88. The van der Waals surface area contributed by atoms with Gasteiger partial charge >= 0.3 is 0 Å². The highest BCUT2D eigenvalue weighted by atomic mass is 35.5. The molecule has 1 atom stereocenters. The van der Waals surface area contributed by atoms with Gasteiger partial charge in [0.05, 0.1) is 19.9 Å². The van der Waals surface area contributed by atoms with E-state index in [1.807, 2.05) is 17.1 Å². The number of halogens is 1. The van der Waals surface area contributed by atoms with Gasteiger partial charge in [-0.25, -0.2) is 4.98 Å². The zero-order valence-electron chi connectivity index (χ0n) is 11.6. The Morgan fingerprint density at radius 3 is 2.95 bits per heavy atom. The van der Waals surface area contributed by atoms with Crippen molar-refractivity contribution < 1.29 is 4.74 Å². The van der Waals surface area contributed by atoms with E-state index in [1.165, 1.54) is 13.0 Å². The molecule has 20 heavy (non-hydrogen) atoms. The van der Waals surface area contributed by atoms with Gasteiger partial charge in [-0.1, -0.05) is 11.6 Å². The fourth-order valence-electron chi connectivity index (χ4n) is 2.42. The van der Waals surface area contributed by atoms with Gasteiger partial charge in [0, 0.05) is 35.6 Å². The van der Waals surface area contributed by atoms with E-state index < -0.39 is 0 Å². The van der Waals surface area contributed by atoms with E-state index in [-0.39, 0.29) is 0 Å². The Hall–Kier alpha value is -1.59. The van der Waals surface area contributed by atoms with Crippen LogP contribution in [0.1, 0.15) is 6.42 Å². The Morgan fingerprint density at radius 2 is 2.30 bits per heavy atom. The molecule has 0 aliphatic carbocycles. The molecule has 0 bridgehead atoms. The van der Waals surface area contributed by atoms with Gasteiger partial charge in [0.2, 0.25) is 0 Å². The molecule has 6 heteroatoms.